The number of hydrogen-bond donors (Lipinski definition) is 2. The van der Waals surface area contributed by atoms with E-state index in [1.807, 2.05) is 0 Å². The quantitative estimate of drug-likeness (QED) is 0.572. The minimum Gasteiger partial charge on any atom is -0.354 e. The largest absolute Gasteiger partial charge is 0.354 e. The molecule has 8 heteroatoms. The van der Waals surface area contributed by atoms with Gasteiger partial charge in [-0.3, -0.25) is 14.3 Å². The maximum absolute atomic E-state index is 11.8. The van der Waals surface area contributed by atoms with Crippen LogP contribution in [0.15, 0.2) is 0 Å². The van der Waals surface area contributed by atoms with Crippen molar-refractivity contribution < 1.29 is 19.1 Å². The van der Waals surface area contributed by atoms with Gasteiger partial charge in [0.2, 0.25) is 0 Å². The van der Waals surface area contributed by atoms with E-state index in [1.54, 1.807) is 25.6 Å². The third kappa shape index (κ3) is 3.78. The number of methoxy groups -OCH3 is 2. The number of amides is 2. The summed E-state index contributed by atoms with van der Waals surface area (Å²) in [5, 5.41) is 9.12. The Hall–Kier alpha value is -1.93. The Kier molecular flexibility index (Phi) is 5.66. The van der Waals surface area contributed by atoms with Crippen LogP contribution in [-0.4, -0.2) is 48.6 Å². The van der Waals surface area contributed by atoms with Crippen molar-refractivity contribution in [1.82, 2.24) is 15.1 Å². The van der Waals surface area contributed by atoms with E-state index in [4.69, 9.17) is 9.47 Å². The van der Waals surface area contributed by atoms with Gasteiger partial charge in [-0.05, 0) is 13.8 Å². The predicted molar refractivity (Wildman–Crippen MR) is 72.1 cm³/mol. The summed E-state index contributed by atoms with van der Waals surface area (Å²) in [6.45, 7) is 3.65. The maximum atomic E-state index is 11.8. The minimum absolute atomic E-state index is 0.0876. The van der Waals surface area contributed by atoms with Crippen LogP contribution in [0.25, 0.3) is 0 Å². The first-order valence-corrected chi connectivity index (χ1v) is 6.05. The number of carbonyl (C=O) groups is 2. The SMILES string of the molecule is COC(CNC(=O)C(=O)Nc1c(C)nn(C)c1C)OC. The smallest absolute Gasteiger partial charge is 0.313 e. The van der Waals surface area contributed by atoms with Gasteiger partial charge in [0, 0.05) is 21.3 Å². The lowest BCUT2D eigenvalue weighted by Crippen LogP contribution is -2.40. The van der Waals surface area contributed by atoms with Gasteiger partial charge in [-0.25, -0.2) is 0 Å². The molecule has 0 unspecified atom stereocenters. The van der Waals surface area contributed by atoms with Gasteiger partial charge in [-0.2, -0.15) is 5.10 Å². The number of nitrogens with zero attached hydrogens (tertiary/aromatic N) is 2. The zero-order valence-electron chi connectivity index (χ0n) is 12.3. The van der Waals surface area contributed by atoms with E-state index in [1.165, 1.54) is 14.2 Å². The Morgan fingerprint density at radius 1 is 1.25 bits per heavy atom. The van der Waals surface area contributed by atoms with Crippen molar-refractivity contribution in [2.75, 3.05) is 26.1 Å². The van der Waals surface area contributed by atoms with Crippen molar-refractivity contribution in [1.29, 1.82) is 0 Å². The Labute approximate surface area is 117 Å². The number of aryl methyl sites for hydroxylation is 2. The van der Waals surface area contributed by atoms with Gasteiger partial charge in [-0.1, -0.05) is 0 Å². The summed E-state index contributed by atoms with van der Waals surface area (Å²) in [4.78, 5) is 23.4. The highest BCUT2D eigenvalue weighted by Crippen LogP contribution is 2.17. The average Bonchev–Trinajstić information content (AvgIpc) is 2.66. The first-order chi connectivity index (χ1) is 9.40. The molecular formula is C12H20N4O4. The van der Waals surface area contributed by atoms with Crippen molar-refractivity contribution in [2.24, 2.45) is 7.05 Å². The third-order valence-corrected chi connectivity index (χ3v) is 2.91. The molecule has 20 heavy (non-hydrogen) atoms. The summed E-state index contributed by atoms with van der Waals surface area (Å²) in [6, 6.07) is 0. The monoisotopic (exact) mass is 284 g/mol. The number of aromatic nitrogens is 2. The van der Waals surface area contributed by atoms with E-state index in [0.717, 1.165) is 5.69 Å². The fraction of sp³-hybridized carbons (Fsp3) is 0.583. The molecule has 1 rings (SSSR count). The molecule has 0 fully saturated rings. The van der Waals surface area contributed by atoms with Crippen molar-refractivity contribution in [3.63, 3.8) is 0 Å². The number of ether oxygens (including phenoxy) is 2. The Morgan fingerprint density at radius 3 is 2.30 bits per heavy atom. The molecule has 0 aliphatic heterocycles. The second kappa shape index (κ2) is 7.01. The zero-order valence-corrected chi connectivity index (χ0v) is 12.3. The number of hydrogen-bond acceptors (Lipinski definition) is 5. The molecule has 0 saturated carbocycles. The van der Waals surface area contributed by atoms with Crippen LogP contribution in [0.3, 0.4) is 0 Å². The van der Waals surface area contributed by atoms with Gasteiger partial charge < -0.3 is 20.1 Å². The molecule has 0 radical (unpaired) electrons. The molecule has 0 atom stereocenters. The summed E-state index contributed by atoms with van der Waals surface area (Å²) in [7, 11) is 4.66. The van der Waals surface area contributed by atoms with Crippen molar-refractivity contribution in [3.05, 3.63) is 11.4 Å². The molecular weight excluding hydrogens is 264 g/mol. The van der Waals surface area contributed by atoms with Gasteiger partial charge in [0.1, 0.15) is 0 Å². The highest BCUT2D eigenvalue weighted by molar-refractivity contribution is 6.39. The fourth-order valence-electron chi connectivity index (χ4n) is 1.64. The van der Waals surface area contributed by atoms with Crippen molar-refractivity contribution >= 4 is 17.5 Å². The van der Waals surface area contributed by atoms with Crippen LogP contribution in [0.1, 0.15) is 11.4 Å². The molecule has 112 valence electrons. The molecule has 0 aliphatic rings. The second-order valence-corrected chi connectivity index (χ2v) is 4.23. The number of nitrogens with one attached hydrogen (secondary N) is 2. The van der Waals surface area contributed by atoms with Crippen LogP contribution in [0, 0.1) is 13.8 Å². The minimum atomic E-state index is -0.758. The first kappa shape index (κ1) is 16.1. The van der Waals surface area contributed by atoms with Crippen molar-refractivity contribution in [2.45, 2.75) is 20.1 Å². The molecule has 0 aliphatic carbocycles. The summed E-state index contributed by atoms with van der Waals surface area (Å²) >= 11 is 0. The lowest BCUT2D eigenvalue weighted by atomic mass is 10.3. The Bertz CT molecular complexity index is 494. The Balaban J connectivity index is 2.60. The van der Waals surface area contributed by atoms with Crippen LogP contribution >= 0.6 is 0 Å². The summed E-state index contributed by atoms with van der Waals surface area (Å²) < 4.78 is 11.4. The van der Waals surface area contributed by atoms with E-state index < -0.39 is 18.1 Å². The molecule has 2 N–H and O–H groups in total. The molecule has 2 amide bonds. The van der Waals surface area contributed by atoms with Gasteiger partial charge in [0.25, 0.3) is 0 Å². The van der Waals surface area contributed by atoms with E-state index in [-0.39, 0.29) is 6.54 Å². The summed E-state index contributed by atoms with van der Waals surface area (Å²) in [6.07, 6.45) is -0.589. The maximum Gasteiger partial charge on any atom is 0.313 e. The van der Waals surface area contributed by atoms with Gasteiger partial charge in [0.05, 0.1) is 23.6 Å². The van der Waals surface area contributed by atoms with Gasteiger partial charge >= 0.3 is 11.8 Å². The lowest BCUT2D eigenvalue weighted by Gasteiger charge is -2.13. The number of anilines is 1. The standard InChI is InChI=1S/C12H20N4O4/c1-7-10(8(2)16(3)15-7)14-12(18)11(17)13-6-9(19-4)20-5/h9H,6H2,1-5H3,(H,13,17)(H,14,18). The van der Waals surface area contributed by atoms with Crippen LogP contribution in [0.4, 0.5) is 5.69 Å². The highest BCUT2D eigenvalue weighted by Gasteiger charge is 2.19. The van der Waals surface area contributed by atoms with Gasteiger partial charge in [-0.15, -0.1) is 0 Å². The molecule has 0 bridgehead atoms. The molecule has 0 saturated heterocycles. The fourth-order valence-corrected chi connectivity index (χ4v) is 1.64. The summed E-state index contributed by atoms with van der Waals surface area (Å²) in [5.41, 5.74) is 1.97. The topological polar surface area (TPSA) is 94.5 Å². The molecule has 8 nitrogen and oxygen atoms in total. The van der Waals surface area contributed by atoms with Crippen molar-refractivity contribution in [3.8, 4) is 0 Å². The van der Waals surface area contributed by atoms with Crippen LogP contribution < -0.4 is 10.6 Å². The number of rotatable bonds is 5. The highest BCUT2D eigenvalue weighted by atomic mass is 16.7. The lowest BCUT2D eigenvalue weighted by molar-refractivity contribution is -0.139. The van der Waals surface area contributed by atoms with E-state index in [9.17, 15) is 9.59 Å². The second-order valence-electron chi connectivity index (χ2n) is 4.23. The normalized spacial score (nSPS) is 10.7. The molecule has 1 aromatic rings. The summed E-state index contributed by atoms with van der Waals surface area (Å²) in [5.74, 6) is -1.51. The van der Waals surface area contributed by atoms with E-state index >= 15 is 0 Å². The van der Waals surface area contributed by atoms with Crippen LogP contribution in [0.5, 0.6) is 0 Å². The van der Waals surface area contributed by atoms with E-state index in [0.29, 0.717) is 11.4 Å². The van der Waals surface area contributed by atoms with Crippen LogP contribution in [0.2, 0.25) is 0 Å². The number of carbonyl (C=O) groups excluding carboxylic acids is 2. The third-order valence-electron chi connectivity index (χ3n) is 2.91. The van der Waals surface area contributed by atoms with Gasteiger partial charge in [0.15, 0.2) is 6.29 Å². The molecule has 1 heterocycles. The zero-order chi connectivity index (χ0) is 15.3. The predicted octanol–water partition coefficient (Wildman–Crippen LogP) is -0.289. The molecule has 1 aromatic heterocycles. The van der Waals surface area contributed by atoms with E-state index in [2.05, 4.69) is 15.7 Å². The Morgan fingerprint density at radius 2 is 1.85 bits per heavy atom. The first-order valence-electron chi connectivity index (χ1n) is 6.05. The average molecular weight is 284 g/mol. The molecule has 0 aromatic carbocycles. The molecule has 0 spiro atoms. The van der Waals surface area contributed by atoms with Crippen LogP contribution in [-0.2, 0) is 26.1 Å².